The molecule has 0 unspecified atom stereocenters. The predicted molar refractivity (Wildman–Crippen MR) is 103 cm³/mol. The van der Waals surface area contributed by atoms with Crippen LogP contribution in [0.15, 0.2) is 54.6 Å². The summed E-state index contributed by atoms with van der Waals surface area (Å²) in [5.74, 6) is -1.00. The van der Waals surface area contributed by atoms with Crippen molar-refractivity contribution in [2.75, 3.05) is 0 Å². The van der Waals surface area contributed by atoms with Crippen LogP contribution in [0.25, 0.3) is 0 Å². The number of carbonyl (C=O) groups is 2. The van der Waals surface area contributed by atoms with Gasteiger partial charge in [0.25, 0.3) is 0 Å². The third-order valence-corrected chi connectivity index (χ3v) is 5.10. The highest BCUT2D eigenvalue weighted by atomic mass is 16.5. The van der Waals surface area contributed by atoms with Crippen LogP contribution in [0.5, 0.6) is 0 Å². The molecule has 2 atom stereocenters. The number of carbonyl (C=O) groups excluding carboxylic acids is 2. The lowest BCUT2D eigenvalue weighted by Crippen LogP contribution is -2.62. The van der Waals surface area contributed by atoms with Crippen LogP contribution in [0.3, 0.4) is 0 Å². The Bertz CT molecular complexity index is 797. The quantitative estimate of drug-likeness (QED) is 0.680. The van der Waals surface area contributed by atoms with E-state index in [-0.39, 0.29) is 0 Å². The van der Waals surface area contributed by atoms with Crippen LogP contribution in [0.1, 0.15) is 23.6 Å². The molecule has 0 saturated carbocycles. The van der Waals surface area contributed by atoms with E-state index in [0.717, 1.165) is 16.7 Å². The Morgan fingerprint density at radius 1 is 1.07 bits per heavy atom. The average Bonchev–Trinajstić information content (AvgIpc) is 3.05. The first-order valence-electron chi connectivity index (χ1n) is 9.01. The Labute approximate surface area is 158 Å². The molecule has 0 aromatic heterocycles. The number of fused-ring (bicyclic) bond motifs is 1. The van der Waals surface area contributed by atoms with Crippen molar-refractivity contribution in [1.29, 1.82) is 0 Å². The minimum Gasteiger partial charge on any atom is -0.372 e. The Balaban J connectivity index is 1.63. The van der Waals surface area contributed by atoms with Crippen LogP contribution in [-0.4, -0.2) is 29.5 Å². The van der Waals surface area contributed by atoms with Gasteiger partial charge in [-0.05, 0) is 23.6 Å². The fourth-order valence-electron chi connectivity index (χ4n) is 3.38. The van der Waals surface area contributed by atoms with E-state index in [1.807, 2.05) is 54.6 Å². The smallest absolute Gasteiger partial charge is 0.243 e. The molecule has 6 nitrogen and oxygen atoms in total. The summed E-state index contributed by atoms with van der Waals surface area (Å²) in [7, 11) is 0. The largest absolute Gasteiger partial charge is 0.372 e. The van der Waals surface area contributed by atoms with E-state index in [4.69, 9.17) is 16.2 Å². The summed E-state index contributed by atoms with van der Waals surface area (Å²) < 4.78 is 5.73. The lowest BCUT2D eigenvalue weighted by molar-refractivity contribution is -0.134. The molecule has 6 heteroatoms. The number of rotatable bonds is 7. The molecular weight excluding hydrogens is 342 g/mol. The summed E-state index contributed by atoms with van der Waals surface area (Å²) in [4.78, 5) is 24.9. The van der Waals surface area contributed by atoms with E-state index in [0.29, 0.717) is 19.4 Å². The molecule has 27 heavy (non-hydrogen) atoms. The number of nitrogens with one attached hydrogen (secondary N) is 1. The SMILES string of the molecule is C[C@H](OCc1ccccc1)[C@@H](N)C(=O)NC1(C(N)=O)Cc2ccccc2C1. The lowest BCUT2D eigenvalue weighted by atomic mass is 9.94. The lowest BCUT2D eigenvalue weighted by Gasteiger charge is -2.29. The molecule has 0 bridgehead atoms. The molecule has 142 valence electrons. The second-order valence-corrected chi connectivity index (χ2v) is 7.09. The molecule has 0 heterocycles. The van der Waals surface area contributed by atoms with E-state index in [1.54, 1.807) is 6.92 Å². The minimum absolute atomic E-state index is 0.357. The second-order valence-electron chi connectivity index (χ2n) is 7.09. The Kier molecular flexibility index (Phi) is 5.58. The highest BCUT2D eigenvalue weighted by Crippen LogP contribution is 2.30. The maximum atomic E-state index is 12.7. The molecule has 1 aliphatic carbocycles. The van der Waals surface area contributed by atoms with E-state index in [2.05, 4.69) is 5.32 Å². The Morgan fingerprint density at radius 2 is 1.63 bits per heavy atom. The summed E-state index contributed by atoms with van der Waals surface area (Å²) in [5, 5.41) is 2.80. The van der Waals surface area contributed by atoms with Crippen molar-refractivity contribution in [3.05, 3.63) is 71.3 Å². The van der Waals surface area contributed by atoms with Gasteiger partial charge in [-0.3, -0.25) is 9.59 Å². The molecule has 0 aliphatic heterocycles. The highest BCUT2D eigenvalue weighted by molar-refractivity contribution is 5.93. The first kappa shape index (κ1) is 19.1. The summed E-state index contributed by atoms with van der Waals surface area (Å²) >= 11 is 0. The molecule has 0 radical (unpaired) electrons. The van der Waals surface area contributed by atoms with Crippen LogP contribution in [0.2, 0.25) is 0 Å². The third-order valence-electron chi connectivity index (χ3n) is 5.10. The number of primary amides is 1. The summed E-state index contributed by atoms with van der Waals surface area (Å²) in [6.07, 6.45) is 0.228. The summed E-state index contributed by atoms with van der Waals surface area (Å²) in [6, 6.07) is 16.4. The van der Waals surface area contributed by atoms with Gasteiger partial charge < -0.3 is 21.5 Å². The van der Waals surface area contributed by atoms with Crippen molar-refractivity contribution >= 4 is 11.8 Å². The van der Waals surface area contributed by atoms with Crippen molar-refractivity contribution in [1.82, 2.24) is 5.32 Å². The monoisotopic (exact) mass is 367 g/mol. The number of hydrogen-bond donors (Lipinski definition) is 3. The molecule has 0 fully saturated rings. The molecule has 0 spiro atoms. The maximum absolute atomic E-state index is 12.7. The van der Waals surface area contributed by atoms with Gasteiger partial charge in [0.05, 0.1) is 12.7 Å². The first-order valence-corrected chi connectivity index (χ1v) is 9.01. The fourth-order valence-corrected chi connectivity index (χ4v) is 3.38. The summed E-state index contributed by atoms with van der Waals surface area (Å²) in [6.45, 7) is 2.10. The van der Waals surface area contributed by atoms with Gasteiger partial charge in [0.15, 0.2) is 0 Å². The zero-order valence-corrected chi connectivity index (χ0v) is 15.4. The number of amides is 2. The zero-order valence-electron chi connectivity index (χ0n) is 15.4. The van der Waals surface area contributed by atoms with Crippen LogP contribution >= 0.6 is 0 Å². The van der Waals surface area contributed by atoms with E-state index < -0.39 is 29.5 Å². The van der Waals surface area contributed by atoms with Gasteiger partial charge in [-0.2, -0.15) is 0 Å². The Morgan fingerprint density at radius 3 is 2.19 bits per heavy atom. The van der Waals surface area contributed by atoms with E-state index in [9.17, 15) is 9.59 Å². The standard InChI is InChI=1S/C21H25N3O3/c1-14(27-13-15-7-3-2-4-8-15)18(22)19(25)24-21(20(23)26)11-16-9-5-6-10-17(16)12-21/h2-10,14,18H,11-13,22H2,1H3,(H2,23,26)(H,24,25)/t14-,18+/m0/s1. The van der Waals surface area contributed by atoms with Gasteiger partial charge in [-0.15, -0.1) is 0 Å². The van der Waals surface area contributed by atoms with Gasteiger partial charge in [0.2, 0.25) is 11.8 Å². The van der Waals surface area contributed by atoms with E-state index in [1.165, 1.54) is 0 Å². The number of benzene rings is 2. The van der Waals surface area contributed by atoms with Crippen LogP contribution in [0.4, 0.5) is 0 Å². The molecule has 1 aliphatic rings. The predicted octanol–water partition coefficient (Wildman–Crippen LogP) is 1.06. The van der Waals surface area contributed by atoms with E-state index >= 15 is 0 Å². The van der Waals surface area contributed by atoms with Gasteiger partial charge in [0, 0.05) is 12.8 Å². The van der Waals surface area contributed by atoms with Gasteiger partial charge in [0.1, 0.15) is 11.6 Å². The van der Waals surface area contributed by atoms with Crippen LogP contribution < -0.4 is 16.8 Å². The van der Waals surface area contributed by atoms with Crippen molar-refractivity contribution < 1.29 is 14.3 Å². The molecule has 5 N–H and O–H groups in total. The molecular formula is C21H25N3O3. The highest BCUT2D eigenvalue weighted by Gasteiger charge is 2.44. The minimum atomic E-state index is -1.14. The van der Waals surface area contributed by atoms with Crippen molar-refractivity contribution in [3.63, 3.8) is 0 Å². The second kappa shape index (κ2) is 7.90. The first-order chi connectivity index (χ1) is 12.9. The summed E-state index contributed by atoms with van der Waals surface area (Å²) in [5.41, 5.74) is 13.6. The number of ether oxygens (including phenoxy) is 1. The van der Waals surface area contributed by atoms with Gasteiger partial charge >= 0.3 is 0 Å². The normalized spacial score (nSPS) is 17.0. The van der Waals surface area contributed by atoms with Crippen molar-refractivity contribution in [3.8, 4) is 0 Å². The van der Waals surface area contributed by atoms with Gasteiger partial charge in [-0.1, -0.05) is 54.6 Å². The topological polar surface area (TPSA) is 107 Å². The van der Waals surface area contributed by atoms with Gasteiger partial charge in [-0.25, -0.2) is 0 Å². The molecule has 0 saturated heterocycles. The van der Waals surface area contributed by atoms with Crippen molar-refractivity contribution in [2.24, 2.45) is 11.5 Å². The van der Waals surface area contributed by atoms with Crippen LogP contribution in [-0.2, 0) is 33.8 Å². The zero-order chi connectivity index (χ0) is 19.4. The number of hydrogen-bond acceptors (Lipinski definition) is 4. The van der Waals surface area contributed by atoms with Crippen molar-refractivity contribution in [2.45, 2.75) is 44.1 Å². The maximum Gasteiger partial charge on any atom is 0.243 e. The average molecular weight is 367 g/mol. The molecule has 2 aromatic rings. The molecule has 3 rings (SSSR count). The van der Waals surface area contributed by atoms with Crippen LogP contribution in [0, 0.1) is 0 Å². The number of nitrogens with two attached hydrogens (primary N) is 2. The molecule has 2 aromatic carbocycles. The Hall–Kier alpha value is -2.70. The molecule has 2 amide bonds. The fraction of sp³-hybridized carbons (Fsp3) is 0.333. The third kappa shape index (κ3) is 4.18.